The molecule has 2 aromatic rings. The second kappa shape index (κ2) is 4.44. The molecule has 0 unspecified atom stereocenters. The molecule has 1 aromatic heterocycles. The summed E-state index contributed by atoms with van der Waals surface area (Å²) in [5, 5.41) is 11.2. The lowest BCUT2D eigenvalue weighted by molar-refractivity contribution is -0.385. The summed E-state index contributed by atoms with van der Waals surface area (Å²) in [4.78, 5) is 18.4. The lowest BCUT2D eigenvalue weighted by atomic mass is 10.0. The second-order valence-corrected chi connectivity index (χ2v) is 4.83. The third-order valence-electron chi connectivity index (χ3n) is 3.58. The largest absolute Gasteiger partial charge is 0.378 e. The van der Waals surface area contributed by atoms with Gasteiger partial charge in [-0.05, 0) is 24.0 Å². The Morgan fingerprint density at radius 3 is 2.30 bits per heavy atom. The number of hydrogen-bond acceptors (Lipinski definition) is 6. The summed E-state index contributed by atoms with van der Waals surface area (Å²) in [5.74, 6) is -0.284. The van der Waals surface area contributed by atoms with Gasteiger partial charge in [-0.3, -0.25) is 10.1 Å². The minimum absolute atomic E-state index is 0.0287. The number of fused-ring (bicyclic) bond motifs is 1. The van der Waals surface area contributed by atoms with Crippen molar-refractivity contribution in [2.45, 2.75) is 18.8 Å². The van der Waals surface area contributed by atoms with E-state index >= 15 is 0 Å². The average Bonchev–Trinajstić information content (AvgIpc) is 2.80. The van der Waals surface area contributed by atoms with Crippen LogP contribution in [0.25, 0.3) is 0 Å². The Balaban J connectivity index is 2.06. The molecule has 1 aliphatic carbocycles. The molecule has 4 N–H and O–H groups in total. The Morgan fingerprint density at radius 2 is 1.75 bits per heavy atom. The van der Waals surface area contributed by atoms with E-state index in [0.717, 1.165) is 0 Å². The maximum absolute atomic E-state index is 11.2. The van der Waals surface area contributed by atoms with E-state index < -0.39 is 4.92 Å². The summed E-state index contributed by atoms with van der Waals surface area (Å²) in [5.41, 5.74) is 13.7. The van der Waals surface area contributed by atoms with Crippen molar-refractivity contribution in [2.24, 2.45) is 0 Å². The molecule has 3 rings (SSSR count). The summed E-state index contributed by atoms with van der Waals surface area (Å²) in [6.45, 7) is 0. The Morgan fingerprint density at radius 1 is 1.15 bits per heavy atom. The minimum Gasteiger partial charge on any atom is -0.378 e. The molecular formula is C13H13N5O2. The van der Waals surface area contributed by atoms with Gasteiger partial charge in [0.05, 0.1) is 4.92 Å². The quantitative estimate of drug-likeness (QED) is 0.629. The normalized spacial score (nSPS) is 14.2. The van der Waals surface area contributed by atoms with Crippen molar-refractivity contribution in [1.29, 1.82) is 0 Å². The maximum atomic E-state index is 11.2. The summed E-state index contributed by atoms with van der Waals surface area (Å²) in [6.07, 6.45) is 1.40. The molecule has 1 heterocycles. The van der Waals surface area contributed by atoms with Gasteiger partial charge in [-0.15, -0.1) is 0 Å². The zero-order chi connectivity index (χ0) is 14.3. The molecule has 1 aromatic carbocycles. The van der Waals surface area contributed by atoms with Crippen LogP contribution in [0.4, 0.5) is 17.5 Å². The number of aromatic nitrogens is 2. The van der Waals surface area contributed by atoms with Gasteiger partial charge in [0.15, 0.2) is 0 Å². The molecule has 0 fully saturated rings. The SMILES string of the molecule is Nc1nc(N)c([N+](=O)[O-])c(C2Cc3ccccc3C2)n1. The van der Waals surface area contributed by atoms with Gasteiger partial charge in [0, 0.05) is 5.92 Å². The van der Waals surface area contributed by atoms with Crippen molar-refractivity contribution in [3.8, 4) is 0 Å². The van der Waals surface area contributed by atoms with Crippen molar-refractivity contribution in [2.75, 3.05) is 11.5 Å². The third kappa shape index (κ3) is 1.93. The predicted octanol–water partition coefficient (Wildman–Crippen LogP) is 1.43. The van der Waals surface area contributed by atoms with Gasteiger partial charge in [0.1, 0.15) is 5.69 Å². The molecule has 7 nitrogen and oxygen atoms in total. The first-order chi connectivity index (χ1) is 9.56. The monoisotopic (exact) mass is 271 g/mol. The van der Waals surface area contributed by atoms with E-state index in [1.165, 1.54) is 11.1 Å². The van der Waals surface area contributed by atoms with Crippen molar-refractivity contribution in [3.05, 3.63) is 51.2 Å². The lowest BCUT2D eigenvalue weighted by Crippen LogP contribution is -2.12. The lowest BCUT2D eigenvalue weighted by Gasteiger charge is -2.10. The highest BCUT2D eigenvalue weighted by Gasteiger charge is 2.32. The Hall–Kier alpha value is -2.70. The molecule has 20 heavy (non-hydrogen) atoms. The van der Waals surface area contributed by atoms with E-state index in [1.807, 2.05) is 24.3 Å². The fourth-order valence-electron chi connectivity index (χ4n) is 2.73. The fraction of sp³-hybridized carbons (Fsp3) is 0.231. The van der Waals surface area contributed by atoms with Crippen LogP contribution in [-0.2, 0) is 12.8 Å². The first kappa shape index (κ1) is 12.3. The molecule has 0 radical (unpaired) electrons. The van der Waals surface area contributed by atoms with E-state index in [4.69, 9.17) is 11.5 Å². The van der Waals surface area contributed by atoms with Gasteiger partial charge in [0.25, 0.3) is 0 Å². The van der Waals surface area contributed by atoms with Crippen LogP contribution >= 0.6 is 0 Å². The molecule has 0 saturated carbocycles. The van der Waals surface area contributed by atoms with E-state index in [2.05, 4.69) is 9.97 Å². The fourth-order valence-corrected chi connectivity index (χ4v) is 2.73. The molecule has 0 aliphatic heterocycles. The van der Waals surface area contributed by atoms with Crippen molar-refractivity contribution >= 4 is 17.5 Å². The highest BCUT2D eigenvalue weighted by Crippen LogP contribution is 2.38. The smallest absolute Gasteiger partial charge is 0.332 e. The van der Waals surface area contributed by atoms with Crippen molar-refractivity contribution in [1.82, 2.24) is 9.97 Å². The van der Waals surface area contributed by atoms with Crippen molar-refractivity contribution in [3.63, 3.8) is 0 Å². The van der Waals surface area contributed by atoms with Crippen LogP contribution in [0.15, 0.2) is 24.3 Å². The number of benzene rings is 1. The van der Waals surface area contributed by atoms with E-state index in [0.29, 0.717) is 18.5 Å². The molecule has 1 aliphatic rings. The zero-order valence-electron chi connectivity index (χ0n) is 10.6. The van der Waals surface area contributed by atoms with Gasteiger partial charge in [-0.2, -0.15) is 4.98 Å². The third-order valence-corrected chi connectivity index (χ3v) is 3.58. The summed E-state index contributed by atoms with van der Waals surface area (Å²) in [6, 6.07) is 7.96. The number of anilines is 2. The predicted molar refractivity (Wildman–Crippen MR) is 74.1 cm³/mol. The highest BCUT2D eigenvalue weighted by atomic mass is 16.6. The highest BCUT2D eigenvalue weighted by molar-refractivity contribution is 5.59. The number of rotatable bonds is 2. The Bertz CT molecular complexity index is 676. The van der Waals surface area contributed by atoms with Gasteiger partial charge in [-0.25, -0.2) is 4.98 Å². The number of hydrogen-bond donors (Lipinski definition) is 2. The molecule has 0 bridgehead atoms. The van der Waals surface area contributed by atoms with Crippen LogP contribution in [-0.4, -0.2) is 14.9 Å². The van der Waals surface area contributed by atoms with E-state index in [9.17, 15) is 10.1 Å². The molecule has 0 spiro atoms. The van der Waals surface area contributed by atoms with Crippen LogP contribution in [0.2, 0.25) is 0 Å². The molecule has 0 amide bonds. The van der Waals surface area contributed by atoms with Gasteiger partial charge >= 0.3 is 5.69 Å². The summed E-state index contributed by atoms with van der Waals surface area (Å²) < 4.78 is 0. The van der Waals surface area contributed by atoms with Crippen LogP contribution in [0, 0.1) is 10.1 Å². The molecule has 0 atom stereocenters. The molecule has 102 valence electrons. The summed E-state index contributed by atoms with van der Waals surface area (Å²) in [7, 11) is 0. The molecular weight excluding hydrogens is 258 g/mol. The Kier molecular flexibility index (Phi) is 2.74. The maximum Gasteiger partial charge on any atom is 0.332 e. The molecule has 7 heteroatoms. The van der Waals surface area contributed by atoms with Crippen LogP contribution in [0.3, 0.4) is 0 Å². The number of nitrogens with two attached hydrogens (primary N) is 2. The van der Waals surface area contributed by atoms with Gasteiger partial charge in [0.2, 0.25) is 11.8 Å². The number of nitrogens with zero attached hydrogens (tertiary/aromatic N) is 3. The topological polar surface area (TPSA) is 121 Å². The van der Waals surface area contributed by atoms with Crippen LogP contribution < -0.4 is 11.5 Å². The van der Waals surface area contributed by atoms with Gasteiger partial charge < -0.3 is 11.5 Å². The van der Waals surface area contributed by atoms with Crippen LogP contribution in [0.1, 0.15) is 22.7 Å². The number of nitro groups is 1. The van der Waals surface area contributed by atoms with Gasteiger partial charge in [-0.1, -0.05) is 24.3 Å². The Labute approximate surface area is 114 Å². The first-order valence-corrected chi connectivity index (χ1v) is 6.20. The molecule has 0 saturated heterocycles. The minimum atomic E-state index is -0.535. The summed E-state index contributed by atoms with van der Waals surface area (Å²) >= 11 is 0. The zero-order valence-corrected chi connectivity index (χ0v) is 10.6. The first-order valence-electron chi connectivity index (χ1n) is 6.20. The average molecular weight is 271 g/mol. The van der Waals surface area contributed by atoms with Crippen LogP contribution in [0.5, 0.6) is 0 Å². The van der Waals surface area contributed by atoms with Crippen molar-refractivity contribution < 1.29 is 4.92 Å². The van der Waals surface area contributed by atoms with E-state index in [1.54, 1.807) is 0 Å². The second-order valence-electron chi connectivity index (χ2n) is 4.83. The number of nitrogen functional groups attached to an aromatic ring is 2. The van der Waals surface area contributed by atoms with E-state index in [-0.39, 0.29) is 23.4 Å². The standard InChI is InChI=1S/C13H13N5O2/c14-12-11(18(19)20)10(16-13(15)17-12)9-5-7-3-1-2-4-8(7)6-9/h1-4,9H,5-6H2,(H4,14,15,16,17).